The molecule has 22 N–H and O–H groups in total. The molecule has 2 aliphatic heterocycles. The van der Waals surface area contributed by atoms with Gasteiger partial charge in [-0.05, 0) is 220 Å². The fourth-order valence-electron chi connectivity index (χ4n) is 7.38. The second kappa shape index (κ2) is 86.3. The predicted molar refractivity (Wildman–Crippen MR) is 351 cm³/mol. The van der Waals surface area contributed by atoms with Crippen molar-refractivity contribution >= 4 is 23.1 Å². The smallest absolute Gasteiger partial charge is 0.125 e. The molecule has 0 saturated carbocycles. The maximum atomic E-state index is 8.38. The Balaban J connectivity index is -0.000000288. The lowest BCUT2D eigenvalue weighted by atomic mass is 10.1. The lowest BCUT2D eigenvalue weighted by Gasteiger charge is -2.15. The number of hydrogen-bond acceptors (Lipinski definition) is 19. The van der Waals surface area contributed by atoms with Crippen molar-refractivity contribution in [3.63, 3.8) is 0 Å². The van der Waals surface area contributed by atoms with E-state index in [-0.39, 0.29) is 6.04 Å². The molecule has 0 bridgehead atoms. The average Bonchev–Trinajstić information content (AvgIpc) is 4.35. The second-order valence-electron chi connectivity index (χ2n) is 20.5. The monoisotopic (exact) mass is 1180 g/mol. The van der Waals surface area contributed by atoms with Crippen LogP contribution in [0.1, 0.15) is 225 Å². The number of halogens is 1. The van der Waals surface area contributed by atoms with Gasteiger partial charge in [-0.2, -0.15) is 21.0 Å². The first kappa shape index (κ1) is 87.3. The number of aromatic nitrogens is 1. The minimum absolute atomic E-state index is 0.142. The summed E-state index contributed by atoms with van der Waals surface area (Å²) in [4.78, 5) is 3.74. The molecular weight excluding hydrogens is 1050 g/mol. The summed E-state index contributed by atoms with van der Waals surface area (Å²) >= 11 is 5.27. The number of nitrogen functional groups attached to an aromatic ring is 2. The molecular formula is C62H129ClN18O. The third-order valence-electron chi connectivity index (χ3n) is 12.5. The summed E-state index contributed by atoms with van der Waals surface area (Å²) in [6.45, 7) is 14.7. The molecule has 82 heavy (non-hydrogen) atoms. The van der Waals surface area contributed by atoms with E-state index in [0.717, 1.165) is 110 Å². The van der Waals surface area contributed by atoms with Gasteiger partial charge in [-0.15, -0.1) is 11.6 Å². The Morgan fingerprint density at radius 1 is 0.476 bits per heavy atom. The number of ether oxygens (including phenoxy) is 1. The Labute approximate surface area is 508 Å². The molecule has 0 aromatic carbocycles. The van der Waals surface area contributed by atoms with Crippen molar-refractivity contribution in [1.29, 1.82) is 21.0 Å². The largest absolute Gasteiger partial charge is 0.399 e. The zero-order valence-electron chi connectivity index (χ0n) is 52.2. The van der Waals surface area contributed by atoms with Crippen LogP contribution < -0.4 is 72.9 Å². The minimum atomic E-state index is 0.142. The first-order chi connectivity index (χ1) is 40.2. The molecule has 20 heteroatoms. The maximum Gasteiger partial charge on any atom is 0.125 e. The Kier molecular flexibility index (Phi) is 91.9. The van der Waals surface area contributed by atoms with Crippen LogP contribution in [-0.2, 0) is 4.74 Å². The summed E-state index contributed by atoms with van der Waals surface area (Å²) in [5, 5.41) is 46.2. The maximum absolute atomic E-state index is 8.38. The van der Waals surface area contributed by atoms with Gasteiger partial charge in [-0.1, -0.05) is 83.5 Å². The number of piperidine rings is 1. The summed E-state index contributed by atoms with van der Waals surface area (Å²) in [5.41, 5.74) is 48.8. The summed E-state index contributed by atoms with van der Waals surface area (Å²) < 4.78 is 4.73. The van der Waals surface area contributed by atoms with Crippen LogP contribution in [0.15, 0.2) is 18.3 Å². The number of nitrogens with one attached hydrogen (secondary N) is 4. The molecule has 2 aliphatic rings. The Bertz CT molecular complexity index is 1400. The van der Waals surface area contributed by atoms with E-state index in [9.17, 15) is 0 Å². The Hall–Kier alpha value is -3.48. The fraction of sp³-hybridized carbons (Fsp3) is 0.855. The van der Waals surface area contributed by atoms with Crippen LogP contribution >= 0.6 is 11.6 Å². The number of epoxide rings is 1. The number of alkyl halides is 1. The van der Waals surface area contributed by atoms with Crippen molar-refractivity contribution in [3.05, 3.63) is 18.3 Å². The van der Waals surface area contributed by atoms with E-state index in [1.54, 1.807) is 18.3 Å². The number of nitrogens with zero attached hydrogens (tertiary/aromatic N) is 5. The van der Waals surface area contributed by atoms with Gasteiger partial charge in [0.15, 0.2) is 0 Å². The summed E-state index contributed by atoms with van der Waals surface area (Å²) in [5.74, 6) is 1.13. The molecule has 2 unspecified atom stereocenters. The highest BCUT2D eigenvalue weighted by Gasteiger charge is 2.19. The van der Waals surface area contributed by atoms with E-state index < -0.39 is 0 Å². The minimum Gasteiger partial charge on any atom is -0.399 e. The van der Waals surface area contributed by atoms with Crippen LogP contribution in [0.3, 0.4) is 0 Å². The predicted octanol–water partition coefficient (Wildman–Crippen LogP) is 8.99. The number of pyridine rings is 1. The molecule has 2 fully saturated rings. The normalized spacial score (nSPS) is 13.3. The summed E-state index contributed by atoms with van der Waals surface area (Å²) in [7, 11) is 0. The van der Waals surface area contributed by atoms with E-state index >= 15 is 0 Å². The van der Waals surface area contributed by atoms with E-state index in [2.05, 4.69) is 38.4 Å². The van der Waals surface area contributed by atoms with Crippen LogP contribution in [0.25, 0.3) is 0 Å². The summed E-state index contributed by atoms with van der Waals surface area (Å²) in [6.07, 6.45) is 42.7. The number of nitrogens with two attached hydrogens (primary N) is 9. The van der Waals surface area contributed by atoms with E-state index in [4.69, 9.17) is 89.0 Å². The zero-order chi connectivity index (χ0) is 61.6. The SMILES string of the molecule is ClCC1CO1.N#CC1CCCCN1.N#CCCCCC#N.N#CCCCCCN.NCCCCCCN.NCCCCCCNCCCCCCN.NCCCCCCNCCCCCCNCCCCCCN.Nc1ccnc(N)c1. The number of rotatable bonds is 44. The van der Waals surface area contributed by atoms with Crippen molar-refractivity contribution in [2.75, 3.05) is 116 Å². The molecule has 19 nitrogen and oxygen atoms in total. The lowest BCUT2D eigenvalue weighted by molar-refractivity contribution is 0.425. The first-order valence-electron chi connectivity index (χ1n) is 32.1. The zero-order valence-corrected chi connectivity index (χ0v) is 52.9. The van der Waals surface area contributed by atoms with Gasteiger partial charge in [0, 0.05) is 37.2 Å². The molecule has 3 heterocycles. The fourth-order valence-corrected chi connectivity index (χ4v) is 7.56. The van der Waals surface area contributed by atoms with E-state index in [1.165, 1.54) is 193 Å². The van der Waals surface area contributed by atoms with Gasteiger partial charge < -0.3 is 77.6 Å². The van der Waals surface area contributed by atoms with Gasteiger partial charge in [0.2, 0.25) is 0 Å². The lowest BCUT2D eigenvalue weighted by Crippen LogP contribution is -2.32. The highest BCUT2D eigenvalue weighted by molar-refractivity contribution is 6.18. The Morgan fingerprint density at radius 3 is 0.976 bits per heavy atom. The Morgan fingerprint density at radius 2 is 0.780 bits per heavy atom. The second-order valence-corrected chi connectivity index (χ2v) is 20.8. The topological polar surface area (TPSA) is 403 Å². The molecule has 1 aromatic heterocycles. The third-order valence-corrected chi connectivity index (χ3v) is 12.9. The summed E-state index contributed by atoms with van der Waals surface area (Å²) in [6, 6.07) is 11.8. The van der Waals surface area contributed by atoms with Crippen molar-refractivity contribution in [2.45, 2.75) is 237 Å². The van der Waals surface area contributed by atoms with Gasteiger partial charge >= 0.3 is 0 Å². The highest BCUT2D eigenvalue weighted by atomic mass is 35.5. The standard InChI is InChI=1S/C18H42N4.C12H29N3.C6H10N2.C6H16N2.C6H12N2.C6H8N2.C5H7N3.C3H5ClO/c19-13-7-1-3-9-15-21-17-11-5-6-12-18-22-16-10-4-2-8-14-20;13-9-5-1-3-7-11-15-12-8-4-2-6-10-14;7-5-6-3-1-2-4-8-6;3*7-5-3-1-2-4-6-8;6-4-1-2-8-5(7)3-4;4-1-3-2-5-3/h21-22H,1-20H2;15H,1-14H2;6,8H,1-4H2;1-8H2;1-5,7H2;1-4H2;1-3H,(H4,6,7,8);3H,1-2H2. The van der Waals surface area contributed by atoms with Crippen LogP contribution in [0.5, 0.6) is 0 Å². The quantitative estimate of drug-likeness (QED) is 0.0165. The number of nitriles is 4. The van der Waals surface area contributed by atoms with Gasteiger partial charge in [-0.25, -0.2) is 4.98 Å². The van der Waals surface area contributed by atoms with E-state index in [0.29, 0.717) is 42.8 Å². The van der Waals surface area contributed by atoms with Crippen LogP contribution in [-0.4, -0.2) is 121 Å². The van der Waals surface area contributed by atoms with Crippen molar-refractivity contribution in [3.8, 4) is 24.3 Å². The molecule has 480 valence electrons. The highest BCUT2D eigenvalue weighted by Crippen LogP contribution is 2.09. The molecule has 2 atom stereocenters. The van der Waals surface area contributed by atoms with E-state index in [1.807, 2.05) is 12.1 Å². The molecule has 0 radical (unpaired) electrons. The molecule has 1 aromatic rings. The van der Waals surface area contributed by atoms with Crippen molar-refractivity contribution in [1.82, 2.24) is 26.3 Å². The molecule has 0 amide bonds. The van der Waals surface area contributed by atoms with Gasteiger partial charge in [0.1, 0.15) is 5.82 Å². The number of unbranched alkanes of at least 4 members (excludes halogenated alkanes) is 24. The third kappa shape index (κ3) is 95.7. The van der Waals surface area contributed by atoms with Gasteiger partial charge in [0.25, 0.3) is 0 Å². The average molecular weight is 1180 g/mol. The first-order valence-corrected chi connectivity index (χ1v) is 32.7. The van der Waals surface area contributed by atoms with Crippen LogP contribution in [0, 0.1) is 45.3 Å². The number of hydrogen-bond donors (Lipinski definition) is 13. The van der Waals surface area contributed by atoms with Crippen molar-refractivity contribution in [2.24, 2.45) is 40.1 Å². The molecule has 3 rings (SSSR count). The number of anilines is 2. The molecule has 2 saturated heterocycles. The molecule has 0 spiro atoms. The van der Waals surface area contributed by atoms with Crippen LogP contribution in [0.4, 0.5) is 11.5 Å². The van der Waals surface area contributed by atoms with Gasteiger partial charge in [0.05, 0.1) is 48.9 Å². The van der Waals surface area contributed by atoms with Gasteiger partial charge in [-0.3, -0.25) is 0 Å². The molecule has 0 aliphatic carbocycles. The van der Waals surface area contributed by atoms with Crippen LogP contribution in [0.2, 0.25) is 0 Å². The van der Waals surface area contributed by atoms with Crippen molar-refractivity contribution < 1.29 is 4.74 Å².